The fourth-order valence-electron chi connectivity index (χ4n) is 3.86. The van der Waals surface area contributed by atoms with Gasteiger partial charge >= 0.3 is 0 Å². The van der Waals surface area contributed by atoms with E-state index < -0.39 is 5.82 Å². The van der Waals surface area contributed by atoms with E-state index in [1.54, 1.807) is 30.7 Å². The zero-order chi connectivity index (χ0) is 22.5. The highest BCUT2D eigenvalue weighted by Crippen LogP contribution is 2.29. The molecule has 0 saturated carbocycles. The molecule has 166 valence electrons. The monoisotopic (exact) mass is 436 g/mol. The Bertz CT molecular complexity index is 1090. The molecule has 0 aliphatic carbocycles. The first-order valence-electron chi connectivity index (χ1n) is 10.5. The Kier molecular flexibility index (Phi) is 6.53. The first-order chi connectivity index (χ1) is 15.6. The molecule has 0 atom stereocenters. The molecule has 0 radical (unpaired) electrons. The summed E-state index contributed by atoms with van der Waals surface area (Å²) >= 11 is 0. The van der Waals surface area contributed by atoms with Crippen LogP contribution in [0.2, 0.25) is 0 Å². The van der Waals surface area contributed by atoms with Crippen molar-refractivity contribution in [1.29, 1.82) is 0 Å². The number of benzene rings is 1. The van der Waals surface area contributed by atoms with Gasteiger partial charge in [0, 0.05) is 50.2 Å². The van der Waals surface area contributed by atoms with E-state index >= 15 is 0 Å². The van der Waals surface area contributed by atoms with Gasteiger partial charge in [0.05, 0.1) is 19.7 Å². The van der Waals surface area contributed by atoms with Crippen LogP contribution >= 0.6 is 0 Å². The molecular formula is C23H25FN6O2. The van der Waals surface area contributed by atoms with Gasteiger partial charge in [-0.3, -0.25) is 9.78 Å². The lowest BCUT2D eigenvalue weighted by atomic mass is 9.92. The van der Waals surface area contributed by atoms with Crippen molar-refractivity contribution < 1.29 is 13.9 Å². The van der Waals surface area contributed by atoms with Crippen molar-refractivity contribution in [2.75, 3.05) is 32.6 Å². The molecule has 0 unspecified atom stereocenters. The maximum atomic E-state index is 13.9. The smallest absolute Gasteiger partial charge is 0.226 e. The molecule has 1 amide bonds. The number of hydrogen-bond acceptors (Lipinski definition) is 7. The van der Waals surface area contributed by atoms with E-state index in [0.717, 1.165) is 24.4 Å². The van der Waals surface area contributed by atoms with Crippen molar-refractivity contribution in [2.24, 2.45) is 0 Å². The highest BCUT2D eigenvalue weighted by Gasteiger charge is 2.26. The van der Waals surface area contributed by atoms with Crippen molar-refractivity contribution >= 4 is 11.7 Å². The molecule has 0 spiro atoms. The summed E-state index contributed by atoms with van der Waals surface area (Å²) in [6, 6.07) is 6.58. The maximum absolute atomic E-state index is 13.9. The van der Waals surface area contributed by atoms with Crippen molar-refractivity contribution in [1.82, 2.24) is 24.8 Å². The van der Waals surface area contributed by atoms with E-state index in [2.05, 4.69) is 20.3 Å². The minimum atomic E-state index is -0.459. The normalized spacial score (nSPS) is 14.3. The molecule has 9 heteroatoms. The minimum absolute atomic E-state index is 0.00753. The molecule has 1 saturated heterocycles. The third-order valence-corrected chi connectivity index (χ3v) is 5.63. The number of rotatable bonds is 6. The fourth-order valence-corrected chi connectivity index (χ4v) is 3.86. The summed E-state index contributed by atoms with van der Waals surface area (Å²) < 4.78 is 18.9. The van der Waals surface area contributed by atoms with Gasteiger partial charge in [-0.25, -0.2) is 19.3 Å². The zero-order valence-electron chi connectivity index (χ0n) is 18.1. The fraction of sp³-hybridized carbons (Fsp3) is 0.348. The Morgan fingerprint density at radius 1 is 1.22 bits per heavy atom. The van der Waals surface area contributed by atoms with Gasteiger partial charge < -0.3 is 15.0 Å². The molecule has 1 aliphatic heterocycles. The molecule has 2 aromatic heterocycles. The highest BCUT2D eigenvalue weighted by atomic mass is 19.1. The van der Waals surface area contributed by atoms with E-state index in [1.807, 2.05) is 18.0 Å². The van der Waals surface area contributed by atoms with Crippen LogP contribution in [-0.4, -0.2) is 58.0 Å². The number of hydrogen-bond donors (Lipinski definition) is 1. The van der Waals surface area contributed by atoms with Crippen molar-refractivity contribution in [2.45, 2.75) is 25.2 Å². The highest BCUT2D eigenvalue weighted by molar-refractivity contribution is 5.79. The number of amides is 1. The number of carbonyl (C=O) groups is 1. The predicted molar refractivity (Wildman–Crippen MR) is 118 cm³/mol. The quantitative estimate of drug-likeness (QED) is 0.635. The van der Waals surface area contributed by atoms with Gasteiger partial charge in [0.25, 0.3) is 0 Å². The lowest BCUT2D eigenvalue weighted by Crippen LogP contribution is -2.39. The molecule has 1 fully saturated rings. The number of methoxy groups -OCH3 is 1. The zero-order valence-corrected chi connectivity index (χ0v) is 18.1. The number of piperidine rings is 1. The van der Waals surface area contributed by atoms with Crippen LogP contribution in [0.1, 0.15) is 30.0 Å². The molecule has 0 bridgehead atoms. The molecule has 8 nitrogen and oxygen atoms in total. The van der Waals surface area contributed by atoms with Crippen LogP contribution < -0.4 is 10.1 Å². The van der Waals surface area contributed by atoms with Gasteiger partial charge in [0.15, 0.2) is 17.4 Å². The number of nitrogens with zero attached hydrogens (tertiary/aromatic N) is 5. The van der Waals surface area contributed by atoms with Gasteiger partial charge in [0.2, 0.25) is 5.91 Å². The summed E-state index contributed by atoms with van der Waals surface area (Å²) in [6.45, 7) is 1.25. The maximum Gasteiger partial charge on any atom is 0.226 e. The number of anilines is 1. The standard InChI is InChI=1S/C23H25FN6O2/c1-25-21-13-18(28-23(29-21)19-14-26-7-8-27-19)16-5-9-30(10-6-16)22(31)12-15-3-4-20(32-2)17(24)11-15/h3-4,7-8,11,13-14,16H,5-6,9-10,12H2,1-2H3,(H,25,28,29). The van der Waals surface area contributed by atoms with Gasteiger partial charge in [-0.1, -0.05) is 6.07 Å². The third-order valence-electron chi connectivity index (χ3n) is 5.63. The predicted octanol–water partition coefficient (Wildman–Crippen LogP) is 3.07. The Balaban J connectivity index is 1.42. The summed E-state index contributed by atoms with van der Waals surface area (Å²) in [5.41, 5.74) is 2.18. The molecule has 1 aliphatic rings. The second-order valence-corrected chi connectivity index (χ2v) is 7.64. The van der Waals surface area contributed by atoms with Crippen LogP contribution in [-0.2, 0) is 11.2 Å². The lowest BCUT2D eigenvalue weighted by molar-refractivity contribution is -0.131. The summed E-state index contributed by atoms with van der Waals surface area (Å²) in [5.74, 6) is 1.17. The second kappa shape index (κ2) is 9.67. The topological polar surface area (TPSA) is 93.1 Å². The van der Waals surface area contributed by atoms with E-state index in [4.69, 9.17) is 9.72 Å². The largest absolute Gasteiger partial charge is 0.494 e. The molecule has 4 rings (SSSR count). The molecule has 3 heterocycles. The van der Waals surface area contributed by atoms with Crippen molar-refractivity contribution in [3.63, 3.8) is 0 Å². The SMILES string of the molecule is CNc1cc(C2CCN(C(=O)Cc3ccc(OC)c(F)c3)CC2)nc(-c2cnccn2)n1. The number of nitrogens with one attached hydrogen (secondary N) is 1. The van der Waals surface area contributed by atoms with Crippen molar-refractivity contribution in [3.8, 4) is 17.3 Å². The number of halogens is 1. The Labute approximate surface area is 185 Å². The van der Waals surface area contributed by atoms with Gasteiger partial charge in [-0.15, -0.1) is 0 Å². The Morgan fingerprint density at radius 3 is 2.69 bits per heavy atom. The second-order valence-electron chi connectivity index (χ2n) is 7.64. The summed E-state index contributed by atoms with van der Waals surface area (Å²) in [7, 11) is 3.23. The van der Waals surface area contributed by atoms with Crippen LogP contribution in [0.3, 0.4) is 0 Å². The van der Waals surface area contributed by atoms with Crippen LogP contribution in [0, 0.1) is 5.82 Å². The molecule has 1 N–H and O–H groups in total. The van der Waals surface area contributed by atoms with Crippen LogP contribution in [0.5, 0.6) is 5.75 Å². The van der Waals surface area contributed by atoms with E-state index in [9.17, 15) is 9.18 Å². The molecule has 32 heavy (non-hydrogen) atoms. The van der Waals surface area contributed by atoms with Gasteiger partial charge in [-0.05, 0) is 30.5 Å². The van der Waals surface area contributed by atoms with Crippen LogP contribution in [0.4, 0.5) is 10.2 Å². The molecule has 3 aromatic rings. The first-order valence-corrected chi connectivity index (χ1v) is 10.5. The Hall–Kier alpha value is -3.62. The van der Waals surface area contributed by atoms with Crippen molar-refractivity contribution in [3.05, 3.63) is 59.9 Å². The first kappa shape index (κ1) is 21.6. The molecule has 1 aromatic carbocycles. The minimum Gasteiger partial charge on any atom is -0.494 e. The summed E-state index contributed by atoms with van der Waals surface area (Å²) in [6.07, 6.45) is 6.62. The Morgan fingerprint density at radius 2 is 2.03 bits per heavy atom. The van der Waals surface area contributed by atoms with Crippen LogP contribution in [0.15, 0.2) is 42.9 Å². The summed E-state index contributed by atoms with van der Waals surface area (Å²) in [4.78, 5) is 32.2. The average molecular weight is 436 g/mol. The summed E-state index contributed by atoms with van der Waals surface area (Å²) in [5, 5.41) is 3.08. The number of ether oxygens (including phenoxy) is 1. The van der Waals surface area contributed by atoms with Gasteiger partial charge in [0.1, 0.15) is 11.5 Å². The molecular weight excluding hydrogens is 411 g/mol. The number of aromatic nitrogens is 4. The number of carbonyl (C=O) groups excluding carboxylic acids is 1. The third kappa shape index (κ3) is 4.82. The van der Waals surface area contributed by atoms with Gasteiger partial charge in [-0.2, -0.15) is 0 Å². The van der Waals surface area contributed by atoms with E-state index in [1.165, 1.54) is 13.2 Å². The lowest BCUT2D eigenvalue weighted by Gasteiger charge is -2.32. The average Bonchev–Trinajstić information content (AvgIpc) is 2.84. The van der Waals surface area contributed by atoms with E-state index in [-0.39, 0.29) is 24.0 Å². The van der Waals surface area contributed by atoms with E-state index in [0.29, 0.717) is 30.2 Å². The number of likely N-dealkylation sites (tertiary alicyclic amines) is 1. The van der Waals surface area contributed by atoms with Crippen LogP contribution in [0.25, 0.3) is 11.5 Å².